The van der Waals surface area contributed by atoms with Crippen molar-refractivity contribution < 1.29 is 43.6 Å². The molecule has 1 aliphatic heterocycles. The number of nitrogens with zero attached hydrogens (tertiary/aromatic N) is 1. The van der Waals surface area contributed by atoms with E-state index in [-0.39, 0.29) is 65.5 Å². The van der Waals surface area contributed by atoms with Gasteiger partial charge in [-0.2, -0.15) is 0 Å². The Morgan fingerprint density at radius 1 is 1.00 bits per heavy atom. The highest BCUT2D eigenvalue weighted by molar-refractivity contribution is 6.01. The number of carbonyl (C=O) groups excluding carboxylic acids is 3. The number of amides is 2. The predicted molar refractivity (Wildman–Crippen MR) is 82.0 cm³/mol. The molecule has 1 rings (SSSR count). The number of imide groups is 1. The van der Waals surface area contributed by atoms with E-state index in [1.54, 1.807) is 0 Å². The Balaban J connectivity index is 2.21. The molecular weight excluding hydrogens is 338 g/mol. The van der Waals surface area contributed by atoms with Crippen molar-refractivity contribution >= 4 is 17.8 Å². The Hall–Kier alpha value is -1.59. The summed E-state index contributed by atoms with van der Waals surface area (Å²) < 4.78 is 15.9. The second-order valence-corrected chi connectivity index (χ2v) is 5.24. The van der Waals surface area contributed by atoms with Gasteiger partial charge in [-0.15, -0.1) is 5.06 Å². The normalized spacial score (nSPS) is 14.6. The fourth-order valence-electron chi connectivity index (χ4n) is 1.97. The monoisotopic (exact) mass is 363 g/mol. The van der Waals surface area contributed by atoms with E-state index in [4.69, 9.17) is 29.3 Å². The first kappa shape index (κ1) is 21.5. The third-order valence-corrected chi connectivity index (χ3v) is 3.16. The molecule has 10 heteroatoms. The second kappa shape index (κ2) is 12.7. The topological polar surface area (TPSA) is 132 Å². The van der Waals surface area contributed by atoms with Crippen LogP contribution in [-0.4, -0.2) is 85.4 Å². The summed E-state index contributed by atoms with van der Waals surface area (Å²) in [6, 6.07) is 0. The molecule has 0 atom stereocenters. The average molecular weight is 363 g/mol. The number of ether oxygens (including phenoxy) is 3. The van der Waals surface area contributed by atoms with Crippen LogP contribution < -0.4 is 0 Å². The third-order valence-electron chi connectivity index (χ3n) is 3.16. The lowest BCUT2D eigenvalue weighted by Gasteiger charge is -2.18. The zero-order valence-corrected chi connectivity index (χ0v) is 14.1. The second-order valence-electron chi connectivity index (χ2n) is 5.24. The smallest absolute Gasteiger partial charge is 0.333 e. The van der Waals surface area contributed by atoms with E-state index in [1.165, 1.54) is 0 Å². The van der Waals surface area contributed by atoms with Crippen LogP contribution in [0.2, 0.25) is 0 Å². The Morgan fingerprint density at radius 2 is 1.56 bits per heavy atom. The summed E-state index contributed by atoms with van der Waals surface area (Å²) >= 11 is 0. The molecule has 0 aliphatic carbocycles. The van der Waals surface area contributed by atoms with Crippen molar-refractivity contribution in [1.82, 2.24) is 5.06 Å². The van der Waals surface area contributed by atoms with Crippen LogP contribution in [0.4, 0.5) is 0 Å². The fourth-order valence-corrected chi connectivity index (χ4v) is 1.97. The van der Waals surface area contributed by atoms with Crippen LogP contribution in [0.1, 0.15) is 25.7 Å². The first-order chi connectivity index (χ1) is 12.1. The molecule has 0 saturated carbocycles. The van der Waals surface area contributed by atoms with Crippen molar-refractivity contribution in [2.24, 2.45) is 0 Å². The van der Waals surface area contributed by atoms with Crippen LogP contribution >= 0.6 is 0 Å². The summed E-state index contributed by atoms with van der Waals surface area (Å²) in [4.78, 5) is 39.0. The molecule has 0 unspecified atom stereocenters. The number of carbonyl (C=O) groups is 3. The van der Waals surface area contributed by atoms with E-state index in [0.29, 0.717) is 11.5 Å². The average Bonchev–Trinajstić information content (AvgIpc) is 2.90. The number of aliphatic hydroxyl groups is 2. The van der Waals surface area contributed by atoms with Gasteiger partial charge in [0.15, 0.2) is 0 Å². The van der Waals surface area contributed by atoms with Gasteiger partial charge >= 0.3 is 5.97 Å². The van der Waals surface area contributed by atoms with Gasteiger partial charge in [-0.25, -0.2) is 4.79 Å². The standard InChI is InChI=1S/C15H25NO9/c17-5-8-22-10-12(11-23-9-6-18)24-7-1-2-15(21)25-16-13(19)3-4-14(16)20/h12,17-18H,1-11H2. The number of aliphatic hydroxyl groups excluding tert-OH is 2. The summed E-state index contributed by atoms with van der Waals surface area (Å²) in [6.07, 6.45) is 0.0115. The van der Waals surface area contributed by atoms with Gasteiger partial charge in [-0.3, -0.25) is 9.59 Å². The van der Waals surface area contributed by atoms with Crippen LogP contribution in [0, 0.1) is 0 Å². The van der Waals surface area contributed by atoms with Crippen LogP contribution in [0.3, 0.4) is 0 Å². The van der Waals surface area contributed by atoms with Crippen molar-refractivity contribution in [2.75, 3.05) is 46.2 Å². The van der Waals surface area contributed by atoms with E-state index in [1.807, 2.05) is 0 Å². The molecule has 0 aromatic heterocycles. The van der Waals surface area contributed by atoms with E-state index in [0.717, 1.165) is 0 Å². The molecule has 0 aromatic rings. The summed E-state index contributed by atoms with van der Waals surface area (Å²) in [7, 11) is 0. The summed E-state index contributed by atoms with van der Waals surface area (Å²) in [5.41, 5.74) is 0. The first-order valence-electron chi connectivity index (χ1n) is 8.13. The summed E-state index contributed by atoms with van der Waals surface area (Å²) in [6.45, 7) is 0.745. The quantitative estimate of drug-likeness (QED) is 0.288. The zero-order valence-electron chi connectivity index (χ0n) is 14.1. The Morgan fingerprint density at radius 3 is 2.08 bits per heavy atom. The molecule has 2 N–H and O–H groups in total. The van der Waals surface area contributed by atoms with Crippen molar-refractivity contribution in [1.29, 1.82) is 0 Å². The van der Waals surface area contributed by atoms with Crippen LogP contribution in [-0.2, 0) is 33.4 Å². The van der Waals surface area contributed by atoms with Gasteiger partial charge in [0.1, 0.15) is 6.10 Å². The molecule has 1 saturated heterocycles. The Kier molecular flexibility index (Phi) is 10.9. The van der Waals surface area contributed by atoms with Gasteiger partial charge in [0.2, 0.25) is 0 Å². The molecule has 25 heavy (non-hydrogen) atoms. The SMILES string of the molecule is O=C(CCCOC(COCCO)COCCO)ON1C(=O)CCC1=O. The number of hydrogen-bond acceptors (Lipinski definition) is 9. The highest BCUT2D eigenvalue weighted by atomic mass is 16.7. The highest BCUT2D eigenvalue weighted by Crippen LogP contribution is 2.13. The molecule has 2 amide bonds. The zero-order chi connectivity index (χ0) is 18.5. The Bertz CT molecular complexity index is 403. The van der Waals surface area contributed by atoms with Gasteiger partial charge in [0.05, 0.1) is 46.1 Å². The molecule has 10 nitrogen and oxygen atoms in total. The maximum Gasteiger partial charge on any atom is 0.333 e. The highest BCUT2D eigenvalue weighted by Gasteiger charge is 2.32. The molecule has 1 aliphatic rings. The molecule has 0 radical (unpaired) electrons. The molecule has 0 bridgehead atoms. The van der Waals surface area contributed by atoms with Crippen LogP contribution in [0.5, 0.6) is 0 Å². The minimum Gasteiger partial charge on any atom is -0.394 e. The summed E-state index contributed by atoms with van der Waals surface area (Å²) in [5, 5.41) is 17.9. The number of rotatable bonds is 14. The van der Waals surface area contributed by atoms with Gasteiger partial charge < -0.3 is 29.3 Å². The maximum atomic E-state index is 11.6. The number of hydrogen-bond donors (Lipinski definition) is 2. The number of hydroxylamine groups is 2. The van der Waals surface area contributed by atoms with Crippen LogP contribution in [0.25, 0.3) is 0 Å². The van der Waals surface area contributed by atoms with E-state index in [9.17, 15) is 14.4 Å². The van der Waals surface area contributed by atoms with Crippen molar-refractivity contribution in [3.63, 3.8) is 0 Å². The van der Waals surface area contributed by atoms with E-state index in [2.05, 4.69) is 0 Å². The molecule has 1 heterocycles. The fraction of sp³-hybridized carbons (Fsp3) is 0.800. The van der Waals surface area contributed by atoms with Crippen molar-refractivity contribution in [3.8, 4) is 0 Å². The van der Waals surface area contributed by atoms with Crippen LogP contribution in [0.15, 0.2) is 0 Å². The van der Waals surface area contributed by atoms with Crippen molar-refractivity contribution in [2.45, 2.75) is 31.8 Å². The maximum absolute atomic E-state index is 11.6. The lowest BCUT2D eigenvalue weighted by Crippen LogP contribution is -2.32. The van der Waals surface area contributed by atoms with E-state index >= 15 is 0 Å². The minimum absolute atomic E-state index is 0.0151. The first-order valence-corrected chi connectivity index (χ1v) is 8.13. The minimum atomic E-state index is -0.684. The van der Waals surface area contributed by atoms with E-state index < -0.39 is 23.9 Å². The molecular formula is C15H25NO9. The van der Waals surface area contributed by atoms with Crippen molar-refractivity contribution in [3.05, 3.63) is 0 Å². The molecule has 0 aromatic carbocycles. The van der Waals surface area contributed by atoms with Gasteiger partial charge in [-0.05, 0) is 6.42 Å². The molecule has 1 fully saturated rings. The third kappa shape index (κ3) is 8.89. The van der Waals surface area contributed by atoms with Gasteiger partial charge in [0.25, 0.3) is 11.8 Å². The largest absolute Gasteiger partial charge is 0.394 e. The van der Waals surface area contributed by atoms with Gasteiger partial charge in [-0.1, -0.05) is 0 Å². The summed E-state index contributed by atoms with van der Waals surface area (Å²) in [5.74, 6) is -1.72. The lowest BCUT2D eigenvalue weighted by atomic mass is 10.3. The van der Waals surface area contributed by atoms with Gasteiger partial charge in [0, 0.05) is 19.4 Å². The molecule has 144 valence electrons. The Labute approximate surface area is 145 Å². The predicted octanol–water partition coefficient (Wildman–Crippen LogP) is -1.22. The molecule has 0 spiro atoms. The lowest BCUT2D eigenvalue weighted by molar-refractivity contribution is -0.197.